The van der Waals surface area contributed by atoms with Gasteiger partial charge in [-0.3, -0.25) is 0 Å². The molecule has 62 valence electrons. The van der Waals surface area contributed by atoms with Gasteiger partial charge in [0, 0.05) is 6.54 Å². The molecule has 0 amide bonds. The molecule has 0 bridgehead atoms. The summed E-state index contributed by atoms with van der Waals surface area (Å²) in [5.74, 6) is 0. The van der Waals surface area contributed by atoms with Crippen molar-refractivity contribution in [1.29, 1.82) is 0 Å². The minimum atomic E-state index is -0.341. The Bertz CT molecular complexity index is 347. The summed E-state index contributed by atoms with van der Waals surface area (Å²) in [6, 6.07) is 0. The van der Waals surface area contributed by atoms with Crippen molar-refractivity contribution < 1.29 is 0 Å². The molecule has 0 saturated heterocycles. The SMILES string of the molecule is CCn1[nH]c(=O)n(CI)c1=O. The number of nitrogens with one attached hydrogen (secondary N) is 1. The van der Waals surface area contributed by atoms with Gasteiger partial charge in [0.05, 0.1) is 4.55 Å². The first kappa shape index (κ1) is 8.57. The van der Waals surface area contributed by atoms with E-state index in [1.807, 2.05) is 22.6 Å². The molecule has 0 spiro atoms. The van der Waals surface area contributed by atoms with Crippen molar-refractivity contribution in [3.63, 3.8) is 0 Å². The monoisotopic (exact) mass is 269 g/mol. The minimum absolute atomic E-state index is 0.271. The van der Waals surface area contributed by atoms with Crippen molar-refractivity contribution in [3.8, 4) is 0 Å². The molecular formula is C5H8IN3O2. The number of halogens is 1. The lowest BCUT2D eigenvalue weighted by Gasteiger charge is -1.89. The summed E-state index contributed by atoms with van der Waals surface area (Å²) < 4.78 is 2.81. The first-order chi connectivity index (χ1) is 5.20. The van der Waals surface area contributed by atoms with Crippen LogP contribution in [0.2, 0.25) is 0 Å². The Hall–Kier alpha value is -0.530. The number of aryl methyl sites for hydroxylation is 1. The largest absolute Gasteiger partial charge is 0.347 e. The second-order valence-electron chi connectivity index (χ2n) is 1.99. The van der Waals surface area contributed by atoms with Crippen LogP contribution in [0.15, 0.2) is 9.59 Å². The van der Waals surface area contributed by atoms with Crippen LogP contribution in [0.3, 0.4) is 0 Å². The summed E-state index contributed by atoms with van der Waals surface area (Å²) in [7, 11) is 0. The van der Waals surface area contributed by atoms with Gasteiger partial charge in [-0.05, 0) is 6.92 Å². The van der Waals surface area contributed by atoms with E-state index < -0.39 is 0 Å². The highest BCUT2D eigenvalue weighted by atomic mass is 127. The van der Waals surface area contributed by atoms with E-state index in [1.54, 1.807) is 6.92 Å². The molecule has 0 atom stereocenters. The summed E-state index contributed by atoms with van der Waals surface area (Å²) in [6.45, 7) is 2.30. The van der Waals surface area contributed by atoms with Crippen LogP contribution in [0.1, 0.15) is 6.92 Å². The van der Waals surface area contributed by atoms with Crippen LogP contribution < -0.4 is 11.4 Å². The molecule has 0 saturated carbocycles. The molecule has 0 aliphatic rings. The van der Waals surface area contributed by atoms with E-state index in [0.717, 1.165) is 4.57 Å². The predicted octanol–water partition coefficient (Wildman–Crippen LogP) is -0.249. The molecular weight excluding hydrogens is 261 g/mol. The molecule has 11 heavy (non-hydrogen) atoms. The highest BCUT2D eigenvalue weighted by Crippen LogP contribution is 1.82. The third-order valence-electron chi connectivity index (χ3n) is 1.37. The summed E-state index contributed by atoms with van der Waals surface area (Å²) in [5.41, 5.74) is -0.613. The van der Waals surface area contributed by atoms with E-state index >= 15 is 0 Å². The van der Waals surface area contributed by atoms with Gasteiger partial charge in [-0.2, -0.15) is 0 Å². The van der Waals surface area contributed by atoms with Crippen molar-refractivity contribution in [1.82, 2.24) is 14.3 Å². The number of alkyl halides is 1. The Kier molecular flexibility index (Phi) is 2.53. The van der Waals surface area contributed by atoms with E-state index in [1.165, 1.54) is 4.68 Å². The second kappa shape index (κ2) is 3.24. The lowest BCUT2D eigenvalue weighted by molar-refractivity contribution is 0.622. The van der Waals surface area contributed by atoms with Gasteiger partial charge >= 0.3 is 11.4 Å². The van der Waals surface area contributed by atoms with E-state index in [9.17, 15) is 9.59 Å². The molecule has 0 fully saturated rings. The first-order valence-electron chi connectivity index (χ1n) is 3.16. The third kappa shape index (κ3) is 1.39. The van der Waals surface area contributed by atoms with Crippen LogP contribution in [-0.2, 0) is 11.1 Å². The molecule has 0 unspecified atom stereocenters. The summed E-state index contributed by atoms with van der Waals surface area (Å²) in [5, 5.41) is 2.42. The maximum Gasteiger partial charge on any atom is 0.347 e. The Morgan fingerprint density at radius 3 is 2.45 bits per heavy atom. The maximum atomic E-state index is 11.1. The summed E-state index contributed by atoms with van der Waals surface area (Å²) in [4.78, 5) is 22.1. The number of nitrogens with zero attached hydrogens (tertiary/aromatic N) is 2. The van der Waals surface area contributed by atoms with E-state index in [4.69, 9.17) is 0 Å². The quantitative estimate of drug-likeness (QED) is 0.594. The highest BCUT2D eigenvalue weighted by molar-refractivity contribution is 14.1. The van der Waals surface area contributed by atoms with Gasteiger partial charge in [0.25, 0.3) is 0 Å². The number of aromatic amines is 1. The topological polar surface area (TPSA) is 59.8 Å². The van der Waals surface area contributed by atoms with Gasteiger partial charge in [-0.1, -0.05) is 22.6 Å². The van der Waals surface area contributed by atoms with Crippen LogP contribution in [0.5, 0.6) is 0 Å². The normalized spacial score (nSPS) is 10.4. The van der Waals surface area contributed by atoms with Gasteiger partial charge in [0.2, 0.25) is 0 Å². The number of hydrogen-bond donors (Lipinski definition) is 1. The zero-order valence-corrected chi connectivity index (χ0v) is 8.16. The zero-order chi connectivity index (χ0) is 8.43. The van der Waals surface area contributed by atoms with Gasteiger partial charge < -0.3 is 0 Å². The standard InChI is InChI=1S/C5H8IN3O2/c1-2-9-5(11)8(3-6)4(10)7-9/h2-3H2,1H3,(H,7,10). The van der Waals surface area contributed by atoms with Crippen molar-refractivity contribution in [2.24, 2.45) is 0 Å². The van der Waals surface area contributed by atoms with Crippen LogP contribution in [0.25, 0.3) is 0 Å². The van der Waals surface area contributed by atoms with Crippen molar-refractivity contribution in [2.45, 2.75) is 18.0 Å². The highest BCUT2D eigenvalue weighted by Gasteiger charge is 2.04. The smallest absolute Gasteiger partial charge is 0.246 e. The zero-order valence-electron chi connectivity index (χ0n) is 6.00. The molecule has 1 rings (SSSR count). The number of H-pyrrole nitrogens is 1. The molecule has 1 heterocycles. The number of rotatable bonds is 2. The fourth-order valence-corrected chi connectivity index (χ4v) is 1.38. The lowest BCUT2D eigenvalue weighted by atomic mass is 10.8. The van der Waals surface area contributed by atoms with Gasteiger partial charge in [-0.25, -0.2) is 23.9 Å². The Morgan fingerprint density at radius 1 is 1.55 bits per heavy atom. The fraction of sp³-hybridized carbons (Fsp3) is 0.600. The number of aromatic nitrogens is 3. The third-order valence-corrected chi connectivity index (χ3v) is 2.06. The first-order valence-corrected chi connectivity index (χ1v) is 4.69. The van der Waals surface area contributed by atoms with Gasteiger partial charge in [0.1, 0.15) is 0 Å². The molecule has 5 nitrogen and oxygen atoms in total. The molecule has 1 aromatic rings. The van der Waals surface area contributed by atoms with Crippen LogP contribution in [-0.4, -0.2) is 14.3 Å². The Balaban J connectivity index is 3.37. The average molecular weight is 269 g/mol. The van der Waals surface area contributed by atoms with Crippen molar-refractivity contribution >= 4 is 22.6 Å². The average Bonchev–Trinajstić information content (AvgIpc) is 2.26. The van der Waals surface area contributed by atoms with Gasteiger partial charge in [-0.15, -0.1) is 0 Å². The molecule has 0 radical (unpaired) electrons. The molecule has 1 aromatic heterocycles. The molecule has 6 heteroatoms. The van der Waals surface area contributed by atoms with Crippen LogP contribution >= 0.6 is 22.6 Å². The van der Waals surface area contributed by atoms with Gasteiger partial charge in [0.15, 0.2) is 0 Å². The molecule has 0 aromatic carbocycles. The van der Waals surface area contributed by atoms with E-state index in [0.29, 0.717) is 11.1 Å². The van der Waals surface area contributed by atoms with Crippen LogP contribution in [0, 0.1) is 0 Å². The van der Waals surface area contributed by atoms with Crippen LogP contribution in [0.4, 0.5) is 0 Å². The molecule has 0 aliphatic carbocycles. The predicted molar refractivity (Wildman–Crippen MR) is 49.0 cm³/mol. The van der Waals surface area contributed by atoms with E-state index in [2.05, 4.69) is 5.10 Å². The maximum absolute atomic E-state index is 11.1. The molecule has 0 aliphatic heterocycles. The fourth-order valence-electron chi connectivity index (χ4n) is 0.776. The second-order valence-corrected chi connectivity index (χ2v) is 2.67. The number of hydrogen-bond acceptors (Lipinski definition) is 2. The lowest BCUT2D eigenvalue weighted by Crippen LogP contribution is -2.26. The van der Waals surface area contributed by atoms with Crippen molar-refractivity contribution in [3.05, 3.63) is 21.0 Å². The van der Waals surface area contributed by atoms with Crippen molar-refractivity contribution in [2.75, 3.05) is 0 Å². The summed E-state index contributed by atoms with van der Waals surface area (Å²) >= 11 is 1.96. The van der Waals surface area contributed by atoms with E-state index in [-0.39, 0.29) is 11.4 Å². The minimum Gasteiger partial charge on any atom is -0.246 e. The Labute approximate surface area is 76.1 Å². The molecule has 1 N–H and O–H groups in total. The Morgan fingerprint density at radius 2 is 2.18 bits per heavy atom. The summed E-state index contributed by atoms with van der Waals surface area (Å²) in [6.07, 6.45) is 0.